The monoisotopic (exact) mass is 257 g/mol. The van der Waals surface area contributed by atoms with Gasteiger partial charge in [0.15, 0.2) is 0 Å². The Morgan fingerprint density at radius 1 is 1.21 bits per heavy atom. The number of aromatic amines is 1. The second-order valence-corrected chi connectivity index (χ2v) is 5.15. The Labute approximate surface area is 112 Å². The van der Waals surface area contributed by atoms with E-state index in [9.17, 15) is 4.79 Å². The summed E-state index contributed by atoms with van der Waals surface area (Å²) in [6.07, 6.45) is 4.03. The van der Waals surface area contributed by atoms with Crippen LogP contribution in [-0.2, 0) is 0 Å². The van der Waals surface area contributed by atoms with Crippen LogP contribution in [0.2, 0.25) is 0 Å². The lowest BCUT2D eigenvalue weighted by Crippen LogP contribution is -2.28. The zero-order valence-electron chi connectivity index (χ0n) is 11.1. The highest BCUT2D eigenvalue weighted by Crippen LogP contribution is 2.29. The molecule has 19 heavy (non-hydrogen) atoms. The average molecular weight is 257 g/mol. The lowest BCUT2D eigenvalue weighted by molar-refractivity contribution is 0.459. The van der Waals surface area contributed by atoms with E-state index in [0.29, 0.717) is 5.92 Å². The van der Waals surface area contributed by atoms with E-state index in [-0.39, 0.29) is 5.69 Å². The summed E-state index contributed by atoms with van der Waals surface area (Å²) < 4.78 is 1.78. The molecule has 3 rings (SSSR count). The zero-order valence-corrected chi connectivity index (χ0v) is 11.1. The van der Waals surface area contributed by atoms with Gasteiger partial charge in [-0.2, -0.15) is 0 Å². The van der Waals surface area contributed by atoms with Crippen molar-refractivity contribution in [2.45, 2.75) is 25.7 Å². The summed E-state index contributed by atoms with van der Waals surface area (Å²) in [4.78, 5) is 14.7. The smallest absolute Gasteiger partial charge is 0.317 e. The molecule has 1 fully saturated rings. The fourth-order valence-corrected chi connectivity index (χ4v) is 2.92. The summed E-state index contributed by atoms with van der Waals surface area (Å²) in [5, 5.41) is 3.39. The number of aryl methyl sites for hydroxylation is 1. The van der Waals surface area contributed by atoms with E-state index in [1.165, 1.54) is 5.56 Å². The zero-order chi connectivity index (χ0) is 13.2. The van der Waals surface area contributed by atoms with Gasteiger partial charge in [0.25, 0.3) is 0 Å². The number of piperidine rings is 1. The summed E-state index contributed by atoms with van der Waals surface area (Å²) >= 11 is 0. The minimum atomic E-state index is -0.0566. The van der Waals surface area contributed by atoms with Crippen molar-refractivity contribution < 1.29 is 0 Å². The van der Waals surface area contributed by atoms with Gasteiger partial charge in [-0.15, -0.1) is 0 Å². The van der Waals surface area contributed by atoms with Gasteiger partial charge in [-0.25, -0.2) is 4.79 Å². The predicted octanol–water partition coefficient (Wildman–Crippen LogP) is 1.94. The molecule has 0 spiro atoms. The maximum atomic E-state index is 12.0. The van der Waals surface area contributed by atoms with Crippen LogP contribution in [0.4, 0.5) is 0 Å². The van der Waals surface area contributed by atoms with Crippen molar-refractivity contribution in [3.63, 3.8) is 0 Å². The molecule has 0 amide bonds. The van der Waals surface area contributed by atoms with E-state index in [2.05, 4.69) is 22.4 Å². The first-order valence-corrected chi connectivity index (χ1v) is 6.84. The number of rotatable bonds is 2. The summed E-state index contributed by atoms with van der Waals surface area (Å²) in [5.41, 5.74) is 3.21. The first-order valence-electron chi connectivity index (χ1n) is 6.84. The van der Waals surface area contributed by atoms with Crippen LogP contribution < -0.4 is 11.0 Å². The van der Waals surface area contributed by atoms with Crippen molar-refractivity contribution in [2.75, 3.05) is 13.1 Å². The van der Waals surface area contributed by atoms with Gasteiger partial charge in [-0.3, -0.25) is 4.57 Å². The second kappa shape index (κ2) is 5.05. The molecule has 100 valence electrons. The van der Waals surface area contributed by atoms with E-state index >= 15 is 0 Å². The van der Waals surface area contributed by atoms with Crippen molar-refractivity contribution in [3.8, 4) is 5.69 Å². The molecule has 2 heterocycles. The predicted molar refractivity (Wildman–Crippen MR) is 76.0 cm³/mol. The Morgan fingerprint density at radius 3 is 2.63 bits per heavy atom. The fraction of sp³-hybridized carbons (Fsp3) is 0.400. The molecule has 0 radical (unpaired) electrons. The third kappa shape index (κ3) is 2.24. The molecule has 2 aromatic rings. The Kier molecular flexibility index (Phi) is 3.25. The van der Waals surface area contributed by atoms with E-state index in [1.54, 1.807) is 10.8 Å². The normalized spacial score (nSPS) is 16.7. The minimum absolute atomic E-state index is 0.0566. The van der Waals surface area contributed by atoms with Gasteiger partial charge < -0.3 is 10.3 Å². The highest BCUT2D eigenvalue weighted by atomic mass is 16.1. The molecule has 0 bridgehead atoms. The van der Waals surface area contributed by atoms with Gasteiger partial charge in [0.1, 0.15) is 0 Å². The number of nitrogens with one attached hydrogen (secondary N) is 2. The van der Waals surface area contributed by atoms with Gasteiger partial charge >= 0.3 is 5.69 Å². The van der Waals surface area contributed by atoms with Crippen LogP contribution in [0.25, 0.3) is 5.69 Å². The molecular weight excluding hydrogens is 238 g/mol. The molecule has 1 aliphatic rings. The van der Waals surface area contributed by atoms with Crippen molar-refractivity contribution in [1.82, 2.24) is 14.9 Å². The van der Waals surface area contributed by atoms with E-state index in [0.717, 1.165) is 37.3 Å². The Morgan fingerprint density at radius 2 is 1.95 bits per heavy atom. The van der Waals surface area contributed by atoms with Crippen LogP contribution in [0, 0.1) is 6.92 Å². The summed E-state index contributed by atoms with van der Waals surface area (Å²) in [7, 11) is 0. The molecule has 4 heteroatoms. The minimum Gasteiger partial charge on any atom is -0.317 e. The Balaban J connectivity index is 2.09. The molecule has 0 saturated carbocycles. The van der Waals surface area contributed by atoms with Crippen molar-refractivity contribution in [2.24, 2.45) is 0 Å². The first-order chi connectivity index (χ1) is 9.27. The van der Waals surface area contributed by atoms with Crippen LogP contribution in [0.5, 0.6) is 0 Å². The molecule has 0 unspecified atom stereocenters. The highest BCUT2D eigenvalue weighted by molar-refractivity contribution is 5.44. The maximum absolute atomic E-state index is 12.0. The molecule has 1 aliphatic heterocycles. The summed E-state index contributed by atoms with van der Waals surface area (Å²) in [5.74, 6) is 0.540. The first kappa shape index (κ1) is 12.2. The lowest BCUT2D eigenvalue weighted by atomic mass is 9.89. The van der Waals surface area contributed by atoms with Gasteiger partial charge in [0.2, 0.25) is 0 Å². The van der Waals surface area contributed by atoms with Crippen LogP contribution in [0.3, 0.4) is 0 Å². The van der Waals surface area contributed by atoms with E-state index in [1.807, 2.05) is 19.1 Å². The lowest BCUT2D eigenvalue weighted by Gasteiger charge is -2.25. The summed E-state index contributed by atoms with van der Waals surface area (Å²) in [6.45, 7) is 4.07. The molecule has 0 atom stereocenters. The quantitative estimate of drug-likeness (QED) is 0.864. The largest absolute Gasteiger partial charge is 0.330 e. The van der Waals surface area contributed by atoms with Gasteiger partial charge in [-0.1, -0.05) is 18.2 Å². The number of hydrogen-bond acceptors (Lipinski definition) is 2. The van der Waals surface area contributed by atoms with E-state index in [4.69, 9.17) is 0 Å². The van der Waals surface area contributed by atoms with Gasteiger partial charge in [0, 0.05) is 11.9 Å². The molecule has 1 aromatic heterocycles. The SMILES string of the molecule is Cc1c[nH]c(=O)n1-c1ccccc1C1CCNCC1. The fourth-order valence-electron chi connectivity index (χ4n) is 2.92. The molecular formula is C15H19N3O. The van der Waals surface area contributed by atoms with Crippen molar-refractivity contribution >= 4 is 0 Å². The molecule has 1 aromatic carbocycles. The summed E-state index contributed by atoms with van der Waals surface area (Å²) in [6, 6.07) is 8.26. The molecule has 0 aliphatic carbocycles. The van der Waals surface area contributed by atoms with Crippen molar-refractivity contribution in [1.29, 1.82) is 0 Å². The van der Waals surface area contributed by atoms with Crippen LogP contribution in [-0.4, -0.2) is 22.6 Å². The molecule has 2 N–H and O–H groups in total. The van der Waals surface area contributed by atoms with Crippen LogP contribution in [0.15, 0.2) is 35.3 Å². The number of nitrogens with zero attached hydrogens (tertiary/aromatic N) is 1. The molecule has 4 nitrogen and oxygen atoms in total. The van der Waals surface area contributed by atoms with Gasteiger partial charge in [-0.05, 0) is 50.4 Å². The number of aromatic nitrogens is 2. The number of imidazole rings is 1. The average Bonchev–Trinajstić information content (AvgIpc) is 2.79. The standard InChI is InChI=1S/C15H19N3O/c1-11-10-17-15(19)18(11)14-5-3-2-4-13(14)12-6-8-16-9-7-12/h2-5,10,12,16H,6-9H2,1H3,(H,17,19). The van der Waals surface area contributed by atoms with E-state index < -0.39 is 0 Å². The number of para-hydroxylation sites is 1. The topological polar surface area (TPSA) is 49.8 Å². The third-order valence-electron chi connectivity index (χ3n) is 3.92. The second-order valence-electron chi connectivity index (χ2n) is 5.15. The Bertz CT molecular complexity index is 620. The highest BCUT2D eigenvalue weighted by Gasteiger charge is 2.19. The maximum Gasteiger partial charge on any atom is 0.330 e. The van der Waals surface area contributed by atoms with Crippen LogP contribution in [0.1, 0.15) is 30.0 Å². The Hall–Kier alpha value is -1.81. The van der Waals surface area contributed by atoms with Gasteiger partial charge in [0.05, 0.1) is 5.69 Å². The molecule has 1 saturated heterocycles. The van der Waals surface area contributed by atoms with Crippen molar-refractivity contribution in [3.05, 3.63) is 52.2 Å². The third-order valence-corrected chi connectivity index (χ3v) is 3.92. The van der Waals surface area contributed by atoms with Crippen LogP contribution >= 0.6 is 0 Å². The number of hydrogen-bond donors (Lipinski definition) is 2. The number of benzene rings is 1. The number of H-pyrrole nitrogens is 1.